The van der Waals surface area contributed by atoms with Gasteiger partial charge in [-0.3, -0.25) is 23.7 Å². The Hall–Kier alpha value is -1.19. The van der Waals surface area contributed by atoms with Crippen LogP contribution in [0.1, 0.15) is 0 Å². The Kier molecular flexibility index (Phi) is 7.57. The molecule has 0 aliphatic carbocycles. The minimum Gasteiger partial charge on any atom is -0.480 e. The largest absolute Gasteiger partial charge is 0.480 e. The van der Waals surface area contributed by atoms with E-state index in [9.17, 15) is 14.3 Å². The van der Waals surface area contributed by atoms with Gasteiger partial charge >= 0.3 is 13.8 Å². The van der Waals surface area contributed by atoms with E-state index in [0.717, 1.165) is 0 Å². The normalized spacial score (nSPS) is 15.8. The van der Waals surface area contributed by atoms with Crippen molar-refractivity contribution >= 4 is 19.8 Å². The summed E-state index contributed by atoms with van der Waals surface area (Å²) in [7, 11) is -1.32. The van der Waals surface area contributed by atoms with Crippen molar-refractivity contribution < 1.29 is 28.4 Å². The van der Waals surface area contributed by atoms with E-state index >= 15 is 0 Å². The molecule has 112 valence electrons. The SMILES string of the molecule is CN(C)C(COP(=O)(O)OCCN=C(N)N)C(=O)O. The van der Waals surface area contributed by atoms with Crippen LogP contribution in [0.15, 0.2) is 4.99 Å². The molecule has 11 heteroatoms. The molecule has 0 aliphatic rings. The van der Waals surface area contributed by atoms with Gasteiger partial charge in [0, 0.05) is 0 Å². The highest BCUT2D eigenvalue weighted by Crippen LogP contribution is 2.43. The second kappa shape index (κ2) is 8.08. The number of aliphatic carboxylic acids is 1. The summed E-state index contributed by atoms with van der Waals surface area (Å²) in [5.74, 6) is -1.35. The maximum atomic E-state index is 11.4. The van der Waals surface area contributed by atoms with E-state index in [1.165, 1.54) is 19.0 Å². The van der Waals surface area contributed by atoms with E-state index in [1.54, 1.807) is 0 Å². The zero-order valence-corrected chi connectivity index (χ0v) is 11.6. The Morgan fingerprint density at radius 3 is 2.42 bits per heavy atom. The highest BCUT2D eigenvalue weighted by Gasteiger charge is 2.27. The second-order valence-corrected chi connectivity index (χ2v) is 5.18. The molecule has 0 aliphatic heterocycles. The van der Waals surface area contributed by atoms with Crippen LogP contribution in [0, 0.1) is 0 Å². The standard InChI is InChI=1S/C8H19N4O6P/c1-12(2)6(7(13)14)5-18-19(15,16)17-4-3-11-8(9)10/h6H,3-5H2,1-2H3,(H,13,14)(H,15,16)(H4,9,10,11). The fourth-order valence-corrected chi connectivity index (χ4v) is 1.69. The van der Waals surface area contributed by atoms with Crippen LogP contribution in [-0.2, 0) is 18.4 Å². The van der Waals surface area contributed by atoms with Gasteiger partial charge in [0.25, 0.3) is 0 Å². The highest BCUT2D eigenvalue weighted by molar-refractivity contribution is 7.47. The average Bonchev–Trinajstić information content (AvgIpc) is 2.23. The van der Waals surface area contributed by atoms with Gasteiger partial charge in [-0.2, -0.15) is 0 Å². The van der Waals surface area contributed by atoms with E-state index in [1.807, 2.05) is 0 Å². The van der Waals surface area contributed by atoms with Gasteiger partial charge in [-0.05, 0) is 14.1 Å². The maximum Gasteiger partial charge on any atom is 0.472 e. The minimum atomic E-state index is -4.33. The van der Waals surface area contributed by atoms with Crippen molar-refractivity contribution in [3.63, 3.8) is 0 Å². The van der Waals surface area contributed by atoms with Crippen LogP contribution in [0.3, 0.4) is 0 Å². The van der Waals surface area contributed by atoms with Crippen molar-refractivity contribution in [1.29, 1.82) is 0 Å². The van der Waals surface area contributed by atoms with E-state index < -0.39 is 26.4 Å². The van der Waals surface area contributed by atoms with E-state index in [0.29, 0.717) is 0 Å². The Morgan fingerprint density at radius 1 is 1.42 bits per heavy atom. The summed E-state index contributed by atoms with van der Waals surface area (Å²) in [5, 5.41) is 8.84. The average molecular weight is 298 g/mol. The second-order valence-electron chi connectivity index (χ2n) is 3.72. The van der Waals surface area contributed by atoms with Gasteiger partial charge in [0.2, 0.25) is 0 Å². The molecule has 19 heavy (non-hydrogen) atoms. The Balaban J connectivity index is 4.18. The lowest BCUT2D eigenvalue weighted by Crippen LogP contribution is -2.39. The van der Waals surface area contributed by atoms with Crippen molar-refractivity contribution in [2.24, 2.45) is 16.5 Å². The molecule has 0 radical (unpaired) electrons. The first-order valence-corrected chi connectivity index (χ1v) is 6.71. The third-order valence-corrected chi connectivity index (χ3v) is 2.93. The molecule has 0 bridgehead atoms. The third-order valence-electron chi connectivity index (χ3n) is 1.94. The summed E-state index contributed by atoms with van der Waals surface area (Å²) in [6.07, 6.45) is 0. The molecule has 0 aromatic heterocycles. The van der Waals surface area contributed by atoms with Gasteiger partial charge in [0.05, 0.1) is 19.8 Å². The summed E-state index contributed by atoms with van der Waals surface area (Å²) in [4.78, 5) is 25.0. The lowest BCUT2D eigenvalue weighted by atomic mass is 10.3. The van der Waals surface area contributed by atoms with E-state index in [-0.39, 0.29) is 19.1 Å². The summed E-state index contributed by atoms with van der Waals surface area (Å²) < 4.78 is 20.5. The monoisotopic (exact) mass is 298 g/mol. The number of nitrogens with two attached hydrogens (primary N) is 2. The molecule has 0 fully saturated rings. The van der Waals surface area contributed by atoms with Crippen molar-refractivity contribution in [3.05, 3.63) is 0 Å². The minimum absolute atomic E-state index is 0.00766. The first kappa shape index (κ1) is 17.8. The van der Waals surface area contributed by atoms with E-state index in [2.05, 4.69) is 14.0 Å². The zero-order valence-electron chi connectivity index (χ0n) is 10.7. The van der Waals surface area contributed by atoms with Crippen LogP contribution in [-0.4, -0.2) is 66.7 Å². The fourth-order valence-electron chi connectivity index (χ4n) is 0.974. The summed E-state index contributed by atoms with van der Waals surface area (Å²) in [6, 6.07) is -1.05. The van der Waals surface area contributed by atoms with Crippen LogP contribution in [0.5, 0.6) is 0 Å². The molecule has 6 N–H and O–H groups in total. The number of carboxylic acids is 1. The number of likely N-dealkylation sites (N-methyl/N-ethyl adjacent to an activating group) is 1. The van der Waals surface area contributed by atoms with Crippen LogP contribution in [0.2, 0.25) is 0 Å². The fraction of sp³-hybridized carbons (Fsp3) is 0.750. The number of carbonyl (C=O) groups is 1. The number of phosphoric ester groups is 1. The number of carboxylic acid groups (broad SMARTS) is 1. The van der Waals surface area contributed by atoms with Gasteiger partial charge in [0.1, 0.15) is 6.04 Å². The zero-order chi connectivity index (χ0) is 15.1. The predicted molar refractivity (Wildman–Crippen MR) is 67.5 cm³/mol. The molecule has 10 nitrogen and oxygen atoms in total. The number of rotatable bonds is 9. The molecule has 0 aromatic rings. The number of guanidine groups is 1. The first-order chi connectivity index (χ1) is 8.65. The third kappa shape index (κ3) is 8.51. The molecule has 2 atom stereocenters. The molecule has 0 spiro atoms. The summed E-state index contributed by atoms with van der Waals surface area (Å²) in [6.45, 7) is -0.726. The van der Waals surface area contributed by atoms with Crippen molar-refractivity contribution in [2.75, 3.05) is 33.9 Å². The van der Waals surface area contributed by atoms with Gasteiger partial charge in [0.15, 0.2) is 5.96 Å². The Labute approximate surface area is 110 Å². The van der Waals surface area contributed by atoms with Crippen molar-refractivity contribution in [3.8, 4) is 0 Å². The topological polar surface area (TPSA) is 161 Å². The Morgan fingerprint density at radius 2 is 2.00 bits per heavy atom. The van der Waals surface area contributed by atoms with Gasteiger partial charge in [-0.15, -0.1) is 0 Å². The molecule has 0 heterocycles. The smallest absolute Gasteiger partial charge is 0.472 e. The van der Waals surface area contributed by atoms with Crippen LogP contribution < -0.4 is 11.5 Å². The number of phosphoric acid groups is 1. The summed E-state index contributed by atoms with van der Waals surface area (Å²) >= 11 is 0. The lowest BCUT2D eigenvalue weighted by Gasteiger charge is -2.20. The first-order valence-electron chi connectivity index (χ1n) is 5.22. The number of nitrogens with zero attached hydrogens (tertiary/aromatic N) is 2. The van der Waals surface area contributed by atoms with E-state index in [4.69, 9.17) is 16.6 Å². The van der Waals surface area contributed by atoms with Crippen LogP contribution in [0.25, 0.3) is 0 Å². The van der Waals surface area contributed by atoms with Crippen molar-refractivity contribution in [2.45, 2.75) is 6.04 Å². The molecule has 0 rings (SSSR count). The molecule has 0 amide bonds. The molecular weight excluding hydrogens is 279 g/mol. The van der Waals surface area contributed by atoms with Crippen LogP contribution in [0.4, 0.5) is 0 Å². The number of hydrogen-bond donors (Lipinski definition) is 4. The maximum absolute atomic E-state index is 11.4. The summed E-state index contributed by atoms with van der Waals surface area (Å²) in [5.41, 5.74) is 10.1. The predicted octanol–water partition coefficient (Wildman–Crippen LogP) is -1.59. The molecule has 0 aromatic carbocycles. The molecule has 0 saturated heterocycles. The molecule has 0 saturated carbocycles. The van der Waals surface area contributed by atoms with Gasteiger partial charge in [-0.1, -0.05) is 0 Å². The Bertz CT molecular complexity index is 370. The lowest BCUT2D eigenvalue weighted by molar-refractivity contribution is -0.143. The number of aliphatic imine (C=N–C) groups is 1. The quantitative estimate of drug-likeness (QED) is 0.170. The van der Waals surface area contributed by atoms with Gasteiger partial charge in [-0.25, -0.2) is 4.57 Å². The molecular formula is C8H19N4O6P. The highest BCUT2D eigenvalue weighted by atomic mass is 31.2. The van der Waals surface area contributed by atoms with Gasteiger partial charge < -0.3 is 21.5 Å². The van der Waals surface area contributed by atoms with Crippen LogP contribution >= 0.6 is 7.82 Å². The molecule has 2 unspecified atom stereocenters. The van der Waals surface area contributed by atoms with Crippen molar-refractivity contribution in [1.82, 2.24) is 4.90 Å². The number of hydrogen-bond acceptors (Lipinski definition) is 6.